The number of rotatable bonds is 5. The third-order valence-electron chi connectivity index (χ3n) is 3.45. The van der Waals surface area contributed by atoms with E-state index in [-0.39, 0.29) is 6.04 Å². The van der Waals surface area contributed by atoms with Gasteiger partial charge >= 0.3 is 0 Å². The van der Waals surface area contributed by atoms with Crippen molar-refractivity contribution in [3.8, 4) is 5.75 Å². The van der Waals surface area contributed by atoms with E-state index in [4.69, 9.17) is 22.1 Å². The Morgan fingerprint density at radius 1 is 1.40 bits per heavy atom. The topological polar surface area (TPSA) is 53.1 Å². The summed E-state index contributed by atoms with van der Waals surface area (Å²) in [6.45, 7) is 2.04. The molecule has 0 spiro atoms. The van der Waals surface area contributed by atoms with Gasteiger partial charge in [0.15, 0.2) is 0 Å². The van der Waals surface area contributed by atoms with Crippen LogP contribution in [0.2, 0.25) is 5.02 Å². The zero-order chi connectivity index (χ0) is 14.7. The maximum atomic E-state index is 6.36. The maximum absolute atomic E-state index is 6.36. The number of nitrogens with zero attached hydrogens (tertiary/aromatic N) is 2. The molecule has 0 saturated carbocycles. The Kier molecular flexibility index (Phi) is 4.68. The van der Waals surface area contributed by atoms with Gasteiger partial charge in [0.05, 0.1) is 23.5 Å². The van der Waals surface area contributed by atoms with E-state index >= 15 is 0 Å². The molecule has 1 atom stereocenters. The van der Waals surface area contributed by atoms with Crippen LogP contribution >= 0.6 is 11.6 Å². The van der Waals surface area contributed by atoms with Gasteiger partial charge in [-0.15, -0.1) is 0 Å². The lowest BCUT2D eigenvalue weighted by atomic mass is 10.0. The molecule has 5 heteroatoms. The average Bonchev–Trinajstić information content (AvgIpc) is 2.74. The molecule has 1 aromatic heterocycles. The fourth-order valence-corrected chi connectivity index (χ4v) is 2.70. The molecule has 0 amide bonds. The van der Waals surface area contributed by atoms with Gasteiger partial charge in [0.2, 0.25) is 0 Å². The lowest BCUT2D eigenvalue weighted by Crippen LogP contribution is -2.16. The van der Waals surface area contributed by atoms with Crippen molar-refractivity contribution < 1.29 is 4.74 Å². The van der Waals surface area contributed by atoms with Crippen LogP contribution in [0.1, 0.15) is 29.9 Å². The number of hydrogen-bond donors (Lipinski definition) is 1. The van der Waals surface area contributed by atoms with Gasteiger partial charge < -0.3 is 10.5 Å². The molecule has 20 heavy (non-hydrogen) atoms. The van der Waals surface area contributed by atoms with Crippen LogP contribution in [0.3, 0.4) is 0 Å². The minimum absolute atomic E-state index is 0.177. The molecule has 4 nitrogen and oxygen atoms in total. The Morgan fingerprint density at radius 2 is 2.10 bits per heavy atom. The number of nitrogens with two attached hydrogens (primary N) is 1. The summed E-state index contributed by atoms with van der Waals surface area (Å²) in [5, 5.41) is 5.14. The highest BCUT2D eigenvalue weighted by molar-refractivity contribution is 6.31. The Balaban J connectivity index is 2.28. The van der Waals surface area contributed by atoms with E-state index in [1.807, 2.05) is 42.9 Å². The number of ether oxygens (including phenoxy) is 1. The monoisotopic (exact) mass is 293 g/mol. The van der Waals surface area contributed by atoms with Crippen molar-refractivity contribution in [3.05, 3.63) is 46.2 Å². The van der Waals surface area contributed by atoms with Crippen LogP contribution in [0.5, 0.6) is 5.75 Å². The molecule has 1 heterocycles. The Morgan fingerprint density at radius 3 is 2.70 bits per heavy atom. The molecule has 2 aromatic rings. The summed E-state index contributed by atoms with van der Waals surface area (Å²) in [4.78, 5) is 0. The second-order valence-electron chi connectivity index (χ2n) is 4.74. The van der Waals surface area contributed by atoms with Crippen molar-refractivity contribution >= 4 is 11.6 Å². The third kappa shape index (κ3) is 2.81. The van der Waals surface area contributed by atoms with Crippen molar-refractivity contribution in [3.63, 3.8) is 0 Å². The number of hydrogen-bond acceptors (Lipinski definition) is 3. The van der Waals surface area contributed by atoms with Gasteiger partial charge in [0, 0.05) is 25.1 Å². The van der Waals surface area contributed by atoms with Crippen LogP contribution in [-0.2, 0) is 19.9 Å². The van der Waals surface area contributed by atoms with Crippen LogP contribution in [0.25, 0.3) is 0 Å². The Labute approximate surface area is 124 Å². The highest BCUT2D eigenvalue weighted by Crippen LogP contribution is 2.29. The molecule has 0 saturated heterocycles. The smallest absolute Gasteiger partial charge is 0.123 e. The first-order chi connectivity index (χ1) is 9.58. The molecule has 0 radical (unpaired) electrons. The molecule has 0 aliphatic carbocycles. The highest BCUT2D eigenvalue weighted by atomic mass is 35.5. The summed E-state index contributed by atoms with van der Waals surface area (Å²) < 4.78 is 7.17. The Bertz CT molecular complexity index is 595. The largest absolute Gasteiger partial charge is 0.496 e. The van der Waals surface area contributed by atoms with E-state index in [0.29, 0.717) is 6.42 Å². The number of aryl methyl sites for hydroxylation is 2. The van der Waals surface area contributed by atoms with Gasteiger partial charge in [-0.1, -0.05) is 36.7 Å². The predicted octanol–water partition coefficient (Wildman–Crippen LogP) is 2.89. The molecular weight excluding hydrogens is 274 g/mol. The first-order valence-electron chi connectivity index (χ1n) is 6.67. The maximum Gasteiger partial charge on any atom is 0.123 e. The minimum atomic E-state index is -0.177. The molecule has 2 N–H and O–H groups in total. The van der Waals surface area contributed by atoms with E-state index < -0.39 is 0 Å². The quantitative estimate of drug-likeness (QED) is 0.922. The summed E-state index contributed by atoms with van der Waals surface area (Å²) >= 11 is 6.36. The number of aromatic nitrogens is 2. The van der Waals surface area contributed by atoms with Crippen LogP contribution < -0.4 is 10.5 Å². The van der Waals surface area contributed by atoms with Gasteiger partial charge in [-0.25, -0.2) is 0 Å². The van der Waals surface area contributed by atoms with Crippen molar-refractivity contribution in [1.29, 1.82) is 0 Å². The molecule has 108 valence electrons. The average molecular weight is 294 g/mol. The summed E-state index contributed by atoms with van der Waals surface area (Å²) in [6.07, 6.45) is 1.44. The Hall–Kier alpha value is -1.52. The van der Waals surface area contributed by atoms with E-state index in [1.54, 1.807) is 7.11 Å². The number of halogens is 1. The fraction of sp³-hybridized carbons (Fsp3) is 0.400. The molecule has 2 rings (SSSR count). The first-order valence-corrected chi connectivity index (χ1v) is 7.05. The normalized spacial score (nSPS) is 12.4. The summed E-state index contributed by atoms with van der Waals surface area (Å²) in [5.74, 6) is 0.800. The lowest BCUT2D eigenvalue weighted by Gasteiger charge is -2.16. The highest BCUT2D eigenvalue weighted by Gasteiger charge is 2.18. The zero-order valence-electron chi connectivity index (χ0n) is 12.1. The van der Waals surface area contributed by atoms with Crippen molar-refractivity contribution in [2.24, 2.45) is 12.8 Å². The van der Waals surface area contributed by atoms with Crippen molar-refractivity contribution in [2.75, 3.05) is 7.11 Å². The second-order valence-corrected chi connectivity index (χ2v) is 5.12. The van der Waals surface area contributed by atoms with Gasteiger partial charge in [-0.05, 0) is 12.5 Å². The van der Waals surface area contributed by atoms with E-state index in [2.05, 4.69) is 5.10 Å². The summed E-state index contributed by atoms with van der Waals surface area (Å²) in [5.41, 5.74) is 9.16. The molecule has 0 fully saturated rings. The van der Waals surface area contributed by atoms with Gasteiger partial charge in [0.1, 0.15) is 5.75 Å². The number of methoxy groups -OCH3 is 1. The van der Waals surface area contributed by atoms with Gasteiger partial charge in [0.25, 0.3) is 0 Å². The predicted molar refractivity (Wildman–Crippen MR) is 81.2 cm³/mol. The number of para-hydroxylation sites is 1. The van der Waals surface area contributed by atoms with Crippen LogP contribution in [0, 0.1) is 0 Å². The van der Waals surface area contributed by atoms with E-state index in [1.165, 1.54) is 0 Å². The van der Waals surface area contributed by atoms with Crippen LogP contribution in [-0.4, -0.2) is 16.9 Å². The second kappa shape index (κ2) is 6.29. The molecule has 1 aromatic carbocycles. The zero-order valence-corrected chi connectivity index (χ0v) is 12.8. The molecule has 0 aliphatic rings. The fourth-order valence-electron chi connectivity index (χ4n) is 2.33. The van der Waals surface area contributed by atoms with E-state index in [9.17, 15) is 0 Å². The lowest BCUT2D eigenvalue weighted by molar-refractivity contribution is 0.405. The summed E-state index contributed by atoms with van der Waals surface area (Å²) in [7, 11) is 3.55. The van der Waals surface area contributed by atoms with Gasteiger partial charge in [-0.3, -0.25) is 4.68 Å². The van der Waals surface area contributed by atoms with Crippen molar-refractivity contribution in [1.82, 2.24) is 9.78 Å². The van der Waals surface area contributed by atoms with E-state index in [0.717, 1.165) is 34.1 Å². The standard InChI is InChI=1S/C15H20ClN3O/c1-4-12-15(16)13(19(2)18-12)9-11(17)10-7-5-6-8-14(10)20-3/h5-8,11H,4,9,17H2,1-3H3. The third-order valence-corrected chi connectivity index (χ3v) is 3.89. The van der Waals surface area contributed by atoms with Crippen LogP contribution in [0.4, 0.5) is 0 Å². The first kappa shape index (κ1) is 14.9. The van der Waals surface area contributed by atoms with Crippen LogP contribution in [0.15, 0.2) is 24.3 Å². The SMILES string of the molecule is CCc1nn(C)c(CC(N)c2ccccc2OC)c1Cl. The minimum Gasteiger partial charge on any atom is -0.496 e. The van der Waals surface area contributed by atoms with Gasteiger partial charge in [-0.2, -0.15) is 5.10 Å². The molecular formula is C15H20ClN3O. The number of benzene rings is 1. The molecule has 0 bridgehead atoms. The van der Waals surface area contributed by atoms with Crippen molar-refractivity contribution in [2.45, 2.75) is 25.8 Å². The molecule has 0 aliphatic heterocycles. The molecule has 1 unspecified atom stereocenters. The summed E-state index contributed by atoms with van der Waals surface area (Å²) in [6, 6.07) is 7.61.